The number of benzene rings is 1. The second-order valence-electron chi connectivity index (χ2n) is 2.93. The summed E-state index contributed by atoms with van der Waals surface area (Å²) in [7, 11) is 0. The van der Waals surface area contributed by atoms with Crippen LogP contribution in [0, 0.1) is 5.82 Å². The van der Waals surface area contributed by atoms with Crippen molar-refractivity contribution < 1.29 is 18.7 Å². The van der Waals surface area contributed by atoms with Gasteiger partial charge in [0.2, 0.25) is 0 Å². The van der Waals surface area contributed by atoms with Crippen molar-refractivity contribution in [1.29, 1.82) is 0 Å². The number of carbonyl (C=O) groups is 2. The molecule has 0 spiro atoms. The predicted octanol–water partition coefficient (Wildman–Crippen LogP) is 3.04. The summed E-state index contributed by atoms with van der Waals surface area (Å²) >= 11 is 16.2. The number of carbonyl (C=O) groups excluding carboxylic acids is 2. The molecule has 0 heterocycles. The van der Waals surface area contributed by atoms with Gasteiger partial charge in [0.25, 0.3) is 0 Å². The minimum absolute atomic E-state index is 0.0710. The standard InChI is InChI=1S/C10H6Cl3FO3/c11-3-8(15)5-1-6(13)9(2-7(5)14)17-10(16)4-12/h1-2H,3-4H2. The van der Waals surface area contributed by atoms with Gasteiger partial charge in [-0.05, 0) is 6.07 Å². The van der Waals surface area contributed by atoms with E-state index in [2.05, 4.69) is 4.74 Å². The summed E-state index contributed by atoms with van der Waals surface area (Å²) in [5, 5.41) is -0.0710. The van der Waals surface area contributed by atoms with E-state index < -0.39 is 17.6 Å². The highest BCUT2D eigenvalue weighted by molar-refractivity contribution is 6.34. The summed E-state index contributed by atoms with van der Waals surface area (Å²) in [6.07, 6.45) is 0. The molecule has 0 bridgehead atoms. The van der Waals surface area contributed by atoms with Crippen LogP contribution in [0.2, 0.25) is 5.02 Å². The monoisotopic (exact) mass is 298 g/mol. The Morgan fingerprint density at radius 3 is 2.41 bits per heavy atom. The van der Waals surface area contributed by atoms with E-state index >= 15 is 0 Å². The molecule has 17 heavy (non-hydrogen) atoms. The number of ketones is 1. The van der Waals surface area contributed by atoms with Gasteiger partial charge in [0, 0.05) is 6.07 Å². The fourth-order valence-electron chi connectivity index (χ4n) is 1.04. The van der Waals surface area contributed by atoms with E-state index in [1.165, 1.54) is 0 Å². The molecule has 1 aromatic carbocycles. The van der Waals surface area contributed by atoms with Gasteiger partial charge in [-0.25, -0.2) is 4.39 Å². The summed E-state index contributed by atoms with van der Waals surface area (Å²) in [6.45, 7) is 0. The first-order valence-corrected chi connectivity index (χ1v) is 5.79. The smallest absolute Gasteiger partial charge is 0.326 e. The molecule has 0 radical (unpaired) electrons. The zero-order valence-corrected chi connectivity index (χ0v) is 10.6. The summed E-state index contributed by atoms with van der Waals surface area (Å²) in [5.74, 6) is -3.20. The summed E-state index contributed by atoms with van der Waals surface area (Å²) in [6, 6.07) is 1.89. The molecule has 0 fully saturated rings. The Balaban J connectivity index is 3.09. The molecule has 0 N–H and O–H groups in total. The van der Waals surface area contributed by atoms with Crippen LogP contribution in [0.5, 0.6) is 5.75 Å². The molecule has 0 saturated carbocycles. The van der Waals surface area contributed by atoms with Crippen LogP contribution in [-0.4, -0.2) is 23.5 Å². The lowest BCUT2D eigenvalue weighted by Crippen LogP contribution is -2.11. The van der Waals surface area contributed by atoms with E-state index in [1.807, 2.05) is 0 Å². The number of alkyl halides is 2. The molecule has 92 valence electrons. The highest BCUT2D eigenvalue weighted by Crippen LogP contribution is 2.28. The van der Waals surface area contributed by atoms with Crippen LogP contribution in [0.3, 0.4) is 0 Å². The third-order valence-corrected chi connectivity index (χ3v) is 2.53. The van der Waals surface area contributed by atoms with Crippen LogP contribution >= 0.6 is 34.8 Å². The van der Waals surface area contributed by atoms with Crippen LogP contribution in [-0.2, 0) is 4.79 Å². The quantitative estimate of drug-likeness (QED) is 0.371. The third kappa shape index (κ3) is 3.56. The zero-order valence-electron chi connectivity index (χ0n) is 8.31. The lowest BCUT2D eigenvalue weighted by Gasteiger charge is -2.07. The normalized spacial score (nSPS) is 10.1. The minimum atomic E-state index is -0.863. The Hall–Kier alpha value is -0.840. The Morgan fingerprint density at radius 1 is 1.24 bits per heavy atom. The van der Waals surface area contributed by atoms with Crippen LogP contribution in [0.15, 0.2) is 12.1 Å². The summed E-state index contributed by atoms with van der Waals surface area (Å²) < 4.78 is 18.1. The molecule has 0 unspecified atom stereocenters. The van der Waals surface area contributed by atoms with Crippen molar-refractivity contribution in [2.75, 3.05) is 11.8 Å². The van der Waals surface area contributed by atoms with Gasteiger partial charge in [-0.2, -0.15) is 0 Å². The van der Waals surface area contributed by atoms with Crippen molar-refractivity contribution in [2.24, 2.45) is 0 Å². The van der Waals surface area contributed by atoms with Gasteiger partial charge in [0.05, 0.1) is 16.5 Å². The fraction of sp³-hybridized carbons (Fsp3) is 0.200. The second-order valence-corrected chi connectivity index (χ2v) is 3.87. The van der Waals surface area contributed by atoms with Crippen molar-refractivity contribution in [2.45, 2.75) is 0 Å². The molecule has 0 saturated heterocycles. The Labute approximate surface area is 111 Å². The minimum Gasteiger partial charge on any atom is -0.424 e. The molecule has 0 atom stereocenters. The number of Topliss-reactive ketones (excluding diaryl/α,β-unsaturated/α-hetero) is 1. The number of hydrogen-bond acceptors (Lipinski definition) is 3. The van der Waals surface area contributed by atoms with Crippen molar-refractivity contribution in [3.8, 4) is 5.75 Å². The number of esters is 1. The van der Waals surface area contributed by atoms with Gasteiger partial charge in [-0.15, -0.1) is 23.2 Å². The molecule has 0 aromatic heterocycles. The Bertz CT molecular complexity index is 462. The number of hydrogen-bond donors (Lipinski definition) is 0. The average molecular weight is 300 g/mol. The van der Waals surface area contributed by atoms with Gasteiger partial charge in [0.15, 0.2) is 11.5 Å². The van der Waals surface area contributed by atoms with E-state index in [1.54, 1.807) is 0 Å². The first kappa shape index (κ1) is 14.2. The molecule has 0 aliphatic carbocycles. The van der Waals surface area contributed by atoms with Crippen LogP contribution in [0.4, 0.5) is 4.39 Å². The van der Waals surface area contributed by atoms with Crippen LogP contribution < -0.4 is 4.74 Å². The second kappa shape index (κ2) is 6.19. The van der Waals surface area contributed by atoms with E-state index in [0.29, 0.717) is 0 Å². The molecule has 1 rings (SSSR count). The van der Waals surface area contributed by atoms with E-state index in [0.717, 1.165) is 12.1 Å². The molecular formula is C10H6Cl3FO3. The van der Waals surface area contributed by atoms with Gasteiger partial charge in [-0.1, -0.05) is 11.6 Å². The highest BCUT2D eigenvalue weighted by atomic mass is 35.5. The van der Waals surface area contributed by atoms with Crippen molar-refractivity contribution >= 4 is 46.6 Å². The SMILES string of the molecule is O=C(CCl)Oc1cc(F)c(C(=O)CCl)cc1Cl. The number of rotatable bonds is 4. The molecule has 0 aliphatic heterocycles. The van der Waals surface area contributed by atoms with E-state index in [-0.39, 0.29) is 28.1 Å². The maximum Gasteiger partial charge on any atom is 0.326 e. The van der Waals surface area contributed by atoms with Gasteiger partial charge in [0.1, 0.15) is 11.7 Å². The van der Waals surface area contributed by atoms with E-state index in [4.69, 9.17) is 34.8 Å². The lowest BCUT2D eigenvalue weighted by molar-refractivity contribution is -0.131. The molecule has 1 aromatic rings. The average Bonchev–Trinajstić information content (AvgIpc) is 2.32. The first-order valence-electron chi connectivity index (χ1n) is 4.34. The van der Waals surface area contributed by atoms with Gasteiger partial charge < -0.3 is 4.74 Å². The number of ether oxygens (including phenoxy) is 1. The first-order chi connectivity index (χ1) is 7.99. The molecule has 0 aliphatic rings. The van der Waals surface area contributed by atoms with Crippen LogP contribution in [0.1, 0.15) is 10.4 Å². The maximum atomic E-state index is 13.5. The highest BCUT2D eigenvalue weighted by Gasteiger charge is 2.16. The van der Waals surface area contributed by atoms with Crippen molar-refractivity contribution in [3.05, 3.63) is 28.5 Å². The van der Waals surface area contributed by atoms with Crippen molar-refractivity contribution in [3.63, 3.8) is 0 Å². The van der Waals surface area contributed by atoms with Crippen LogP contribution in [0.25, 0.3) is 0 Å². The maximum absolute atomic E-state index is 13.5. The van der Waals surface area contributed by atoms with E-state index in [9.17, 15) is 14.0 Å². The zero-order chi connectivity index (χ0) is 13.0. The van der Waals surface area contributed by atoms with Gasteiger partial charge >= 0.3 is 5.97 Å². The topological polar surface area (TPSA) is 43.4 Å². The molecular weight excluding hydrogens is 293 g/mol. The Morgan fingerprint density at radius 2 is 1.88 bits per heavy atom. The lowest BCUT2D eigenvalue weighted by atomic mass is 10.1. The third-order valence-electron chi connectivity index (χ3n) is 1.78. The predicted molar refractivity (Wildman–Crippen MR) is 62.8 cm³/mol. The van der Waals surface area contributed by atoms with Gasteiger partial charge in [-0.3, -0.25) is 9.59 Å². The summed E-state index contributed by atoms with van der Waals surface area (Å²) in [5.41, 5.74) is -0.254. The summed E-state index contributed by atoms with van der Waals surface area (Å²) in [4.78, 5) is 22.1. The molecule has 0 amide bonds. The Kier molecular flexibility index (Phi) is 5.18. The van der Waals surface area contributed by atoms with Crippen molar-refractivity contribution in [1.82, 2.24) is 0 Å². The molecule has 3 nitrogen and oxygen atoms in total. The molecule has 7 heteroatoms. The number of halogens is 4. The largest absolute Gasteiger partial charge is 0.424 e. The fourth-order valence-corrected chi connectivity index (χ4v) is 1.44.